The van der Waals surface area contributed by atoms with E-state index in [-0.39, 0.29) is 0 Å². The van der Waals surface area contributed by atoms with Crippen LogP contribution in [0.25, 0.3) is 10.9 Å². The lowest BCUT2D eigenvalue weighted by Crippen LogP contribution is -2.16. The van der Waals surface area contributed by atoms with E-state index in [1.807, 2.05) is 30.5 Å². The highest BCUT2D eigenvalue weighted by molar-refractivity contribution is 6.11. The smallest absolute Gasteiger partial charge is 0.180 e. The number of aliphatic imine (C=N–C) groups is 1. The highest BCUT2D eigenvalue weighted by atomic mass is 15.0. The maximum atomic E-state index is 4.58. The van der Waals surface area contributed by atoms with Crippen LogP contribution in [-0.2, 0) is 6.42 Å². The lowest BCUT2D eigenvalue weighted by Gasteiger charge is -2.10. The summed E-state index contributed by atoms with van der Waals surface area (Å²) >= 11 is 0. The predicted octanol–water partition coefficient (Wildman–Crippen LogP) is 1.75. The Hall–Kier alpha value is -2.56. The van der Waals surface area contributed by atoms with Crippen LogP contribution in [0.1, 0.15) is 17.2 Å². The van der Waals surface area contributed by atoms with E-state index in [2.05, 4.69) is 24.9 Å². The minimum Gasteiger partial charge on any atom is -0.348 e. The first-order chi connectivity index (χ1) is 9.42. The van der Waals surface area contributed by atoms with Crippen molar-refractivity contribution in [2.75, 3.05) is 6.54 Å². The summed E-state index contributed by atoms with van der Waals surface area (Å²) in [6, 6.07) is 7.94. The van der Waals surface area contributed by atoms with Crippen molar-refractivity contribution >= 4 is 16.6 Å². The highest BCUT2D eigenvalue weighted by Crippen LogP contribution is 2.17. The van der Waals surface area contributed by atoms with Crippen molar-refractivity contribution in [2.24, 2.45) is 4.99 Å². The molecule has 3 heterocycles. The maximum absolute atomic E-state index is 4.58. The molecule has 0 saturated heterocycles. The number of hydrogen-bond donors (Lipinski definition) is 1. The van der Waals surface area contributed by atoms with Gasteiger partial charge in [-0.25, -0.2) is 15.0 Å². The molecule has 19 heavy (non-hydrogen) atoms. The fourth-order valence-electron chi connectivity index (χ4n) is 2.33. The van der Waals surface area contributed by atoms with E-state index in [4.69, 9.17) is 0 Å². The molecule has 3 aromatic rings. The molecule has 2 aromatic heterocycles. The van der Waals surface area contributed by atoms with Crippen LogP contribution in [0.4, 0.5) is 0 Å². The van der Waals surface area contributed by atoms with Gasteiger partial charge in [-0.15, -0.1) is 0 Å². The Balaban J connectivity index is 1.89. The zero-order valence-electron chi connectivity index (χ0n) is 10.2. The van der Waals surface area contributed by atoms with Gasteiger partial charge in [0.2, 0.25) is 0 Å². The first-order valence-electron chi connectivity index (χ1n) is 6.21. The second-order valence-electron chi connectivity index (χ2n) is 4.46. The van der Waals surface area contributed by atoms with E-state index in [0.29, 0.717) is 5.82 Å². The molecule has 5 nitrogen and oxygen atoms in total. The number of benzene rings is 1. The Kier molecular flexibility index (Phi) is 2.17. The molecule has 0 bridgehead atoms. The van der Waals surface area contributed by atoms with Crippen LogP contribution in [0.15, 0.2) is 41.8 Å². The minimum atomic E-state index is 0.645. The Labute approximate surface area is 109 Å². The van der Waals surface area contributed by atoms with E-state index < -0.39 is 0 Å². The van der Waals surface area contributed by atoms with E-state index in [1.165, 1.54) is 0 Å². The van der Waals surface area contributed by atoms with E-state index in [1.54, 1.807) is 6.33 Å². The van der Waals surface area contributed by atoms with Gasteiger partial charge < -0.3 is 4.98 Å². The summed E-state index contributed by atoms with van der Waals surface area (Å²) in [5, 5.41) is 1.03. The number of rotatable bonds is 1. The highest BCUT2D eigenvalue weighted by Gasteiger charge is 2.20. The molecule has 0 aliphatic carbocycles. The Morgan fingerprint density at radius 3 is 3.05 bits per heavy atom. The van der Waals surface area contributed by atoms with E-state index in [0.717, 1.165) is 41.0 Å². The second-order valence-corrected chi connectivity index (χ2v) is 4.46. The molecule has 92 valence electrons. The molecule has 1 aromatic carbocycles. The third kappa shape index (κ3) is 1.62. The number of nitrogens with one attached hydrogen (secondary N) is 1. The minimum absolute atomic E-state index is 0.645. The molecule has 0 unspecified atom stereocenters. The van der Waals surface area contributed by atoms with Gasteiger partial charge in [0, 0.05) is 30.2 Å². The van der Waals surface area contributed by atoms with Crippen LogP contribution in [-0.4, -0.2) is 32.2 Å². The van der Waals surface area contributed by atoms with Crippen molar-refractivity contribution < 1.29 is 0 Å². The Bertz CT molecular complexity index is 787. The number of nitrogens with zero attached hydrogens (tertiary/aromatic N) is 4. The quantitative estimate of drug-likeness (QED) is 0.714. The fraction of sp³-hybridized carbons (Fsp3) is 0.143. The summed E-state index contributed by atoms with van der Waals surface area (Å²) in [6.07, 6.45) is 4.43. The van der Waals surface area contributed by atoms with Crippen LogP contribution in [0.2, 0.25) is 0 Å². The molecule has 0 saturated carbocycles. The maximum Gasteiger partial charge on any atom is 0.180 e. The largest absolute Gasteiger partial charge is 0.348 e. The standard InChI is InChI=1S/C14H11N5/c1-2-4-10-9(3-1)7-16-14(19-10)13-12-11(5-6-15-13)17-8-18-12/h1-4,7-8H,5-6H2,(H,17,18). The van der Waals surface area contributed by atoms with Gasteiger partial charge in [0.05, 0.1) is 11.8 Å². The van der Waals surface area contributed by atoms with Crippen LogP contribution in [0.5, 0.6) is 0 Å². The average Bonchev–Trinajstić information content (AvgIpc) is 2.95. The SMILES string of the molecule is c1ccc2nc(C3=NCCc4[nH]cnc43)ncc2c1. The first kappa shape index (κ1) is 10.4. The average molecular weight is 249 g/mol. The van der Waals surface area contributed by atoms with Crippen LogP contribution in [0.3, 0.4) is 0 Å². The third-order valence-electron chi connectivity index (χ3n) is 3.28. The lowest BCUT2D eigenvalue weighted by atomic mass is 10.1. The number of H-pyrrole nitrogens is 1. The Morgan fingerprint density at radius 1 is 1.11 bits per heavy atom. The normalized spacial score (nSPS) is 14.2. The van der Waals surface area contributed by atoms with Gasteiger partial charge in [-0.1, -0.05) is 18.2 Å². The zero-order valence-corrected chi connectivity index (χ0v) is 10.2. The lowest BCUT2D eigenvalue weighted by molar-refractivity contribution is 0.906. The van der Waals surface area contributed by atoms with E-state index >= 15 is 0 Å². The summed E-state index contributed by atoms with van der Waals surface area (Å²) in [5.74, 6) is 0.645. The summed E-state index contributed by atoms with van der Waals surface area (Å²) in [4.78, 5) is 21.0. The van der Waals surface area contributed by atoms with Crippen molar-refractivity contribution in [3.8, 4) is 0 Å². The van der Waals surface area contributed by atoms with Gasteiger partial charge >= 0.3 is 0 Å². The van der Waals surface area contributed by atoms with Gasteiger partial charge in [-0.3, -0.25) is 4.99 Å². The summed E-state index contributed by atoms with van der Waals surface area (Å²) < 4.78 is 0. The van der Waals surface area contributed by atoms with Crippen LogP contribution < -0.4 is 0 Å². The number of aromatic nitrogens is 4. The molecule has 0 spiro atoms. The molecular weight excluding hydrogens is 238 g/mol. The molecule has 0 atom stereocenters. The zero-order chi connectivity index (χ0) is 12.7. The topological polar surface area (TPSA) is 66.8 Å². The summed E-state index contributed by atoms with van der Waals surface area (Å²) in [7, 11) is 0. The molecule has 0 fully saturated rings. The molecule has 1 aliphatic rings. The van der Waals surface area contributed by atoms with Gasteiger partial charge in [0.25, 0.3) is 0 Å². The number of imidazole rings is 1. The second kappa shape index (κ2) is 3.98. The van der Waals surface area contributed by atoms with Gasteiger partial charge in [0.1, 0.15) is 11.4 Å². The number of aromatic amines is 1. The third-order valence-corrected chi connectivity index (χ3v) is 3.28. The summed E-state index contributed by atoms with van der Waals surface area (Å²) in [6.45, 7) is 0.751. The van der Waals surface area contributed by atoms with E-state index in [9.17, 15) is 0 Å². The molecular formula is C14H11N5. The number of fused-ring (bicyclic) bond motifs is 2. The van der Waals surface area contributed by atoms with Gasteiger partial charge in [0.15, 0.2) is 5.82 Å². The van der Waals surface area contributed by atoms with Crippen molar-refractivity contribution in [2.45, 2.75) is 6.42 Å². The molecule has 1 aliphatic heterocycles. The summed E-state index contributed by atoms with van der Waals surface area (Å²) in [5.41, 5.74) is 3.70. The molecule has 0 radical (unpaired) electrons. The first-order valence-corrected chi connectivity index (χ1v) is 6.21. The predicted molar refractivity (Wildman–Crippen MR) is 72.3 cm³/mol. The molecule has 0 amide bonds. The van der Waals surface area contributed by atoms with Gasteiger partial charge in [-0.2, -0.15) is 0 Å². The van der Waals surface area contributed by atoms with Gasteiger partial charge in [-0.05, 0) is 6.07 Å². The van der Waals surface area contributed by atoms with Crippen LogP contribution in [0, 0.1) is 0 Å². The van der Waals surface area contributed by atoms with Crippen molar-refractivity contribution in [3.63, 3.8) is 0 Å². The molecule has 5 heteroatoms. The molecule has 1 N–H and O–H groups in total. The van der Waals surface area contributed by atoms with Crippen molar-refractivity contribution in [3.05, 3.63) is 54.0 Å². The molecule has 4 rings (SSSR count). The number of para-hydroxylation sites is 1. The van der Waals surface area contributed by atoms with Crippen molar-refractivity contribution in [1.82, 2.24) is 19.9 Å². The van der Waals surface area contributed by atoms with Crippen LogP contribution >= 0.6 is 0 Å². The number of hydrogen-bond acceptors (Lipinski definition) is 4. The monoisotopic (exact) mass is 249 g/mol. The van der Waals surface area contributed by atoms with Crippen molar-refractivity contribution in [1.29, 1.82) is 0 Å². The fourth-order valence-corrected chi connectivity index (χ4v) is 2.33. The Morgan fingerprint density at radius 2 is 2.05 bits per heavy atom.